The summed E-state index contributed by atoms with van der Waals surface area (Å²) in [6.07, 6.45) is -2.05. The summed E-state index contributed by atoms with van der Waals surface area (Å²) in [6, 6.07) is 42.7. The molecule has 1 fully saturated rings. The molecule has 0 bridgehead atoms. The molecule has 1 saturated heterocycles. The van der Waals surface area contributed by atoms with Gasteiger partial charge in [0.1, 0.15) is 24.7 Å². The number of nitrogens with zero attached hydrogens (tertiary/aromatic N) is 1. The highest BCUT2D eigenvalue weighted by atomic mass is 16.6. The molecule has 1 aliphatic heterocycles. The molecule has 1 heterocycles. The minimum atomic E-state index is -1.10. The van der Waals surface area contributed by atoms with Gasteiger partial charge in [-0.1, -0.05) is 152 Å². The van der Waals surface area contributed by atoms with Crippen molar-refractivity contribution in [1.82, 2.24) is 10.2 Å². The van der Waals surface area contributed by atoms with Crippen LogP contribution in [-0.4, -0.2) is 45.2 Å². The third-order valence-corrected chi connectivity index (χ3v) is 9.39. The summed E-state index contributed by atoms with van der Waals surface area (Å²) in [5.74, 6) is -1.70. The number of aliphatic hydroxyl groups is 1. The molecule has 0 saturated carbocycles. The van der Waals surface area contributed by atoms with Gasteiger partial charge < -0.3 is 19.7 Å². The zero-order valence-electron chi connectivity index (χ0n) is 28.6. The molecule has 5 aromatic carbocycles. The van der Waals surface area contributed by atoms with Crippen molar-refractivity contribution in [3.8, 4) is 0 Å². The van der Waals surface area contributed by atoms with E-state index in [0.717, 1.165) is 22.3 Å². The fourth-order valence-corrected chi connectivity index (χ4v) is 6.77. The van der Waals surface area contributed by atoms with Gasteiger partial charge in [0, 0.05) is 0 Å². The Morgan fingerprint density at radius 3 is 1.83 bits per heavy atom. The van der Waals surface area contributed by atoms with Crippen LogP contribution in [0, 0.1) is 0 Å². The number of esters is 1. The summed E-state index contributed by atoms with van der Waals surface area (Å²) < 4.78 is 12.0. The molecule has 266 valence electrons. The van der Waals surface area contributed by atoms with Gasteiger partial charge in [0.15, 0.2) is 6.10 Å². The number of nitrogens with one attached hydrogen (secondary N) is 1. The van der Waals surface area contributed by atoms with Gasteiger partial charge in [-0.15, -0.1) is 0 Å². The molecule has 0 aliphatic carbocycles. The Labute approximate surface area is 303 Å². The minimum absolute atomic E-state index is 0.00504. The number of carboxylic acids is 1. The number of ether oxygens (including phenoxy) is 2. The molecule has 9 heteroatoms. The van der Waals surface area contributed by atoms with Crippen LogP contribution in [0.5, 0.6) is 0 Å². The Bertz CT molecular complexity index is 1880. The maximum absolute atomic E-state index is 14.2. The fourth-order valence-electron chi connectivity index (χ4n) is 6.77. The first-order valence-electron chi connectivity index (χ1n) is 17.5. The average Bonchev–Trinajstić information content (AvgIpc) is 3.19. The molecule has 0 unspecified atom stereocenters. The molecule has 0 spiro atoms. The molecular weight excluding hydrogens is 656 g/mol. The predicted octanol–water partition coefficient (Wildman–Crippen LogP) is 7.72. The Balaban J connectivity index is 1.26. The third kappa shape index (κ3) is 8.74. The Hall–Kier alpha value is -5.77. The first-order valence-corrected chi connectivity index (χ1v) is 17.5. The molecule has 3 N–H and O–H groups in total. The van der Waals surface area contributed by atoms with E-state index in [2.05, 4.69) is 5.32 Å². The Morgan fingerprint density at radius 2 is 1.25 bits per heavy atom. The predicted molar refractivity (Wildman–Crippen MR) is 196 cm³/mol. The van der Waals surface area contributed by atoms with Crippen LogP contribution in [0.2, 0.25) is 0 Å². The highest BCUT2D eigenvalue weighted by Crippen LogP contribution is 2.43. The lowest BCUT2D eigenvalue weighted by molar-refractivity contribution is -0.173. The van der Waals surface area contributed by atoms with Gasteiger partial charge in [-0.2, -0.15) is 0 Å². The lowest BCUT2D eigenvalue weighted by Crippen LogP contribution is -2.54. The zero-order chi connectivity index (χ0) is 36.3. The lowest BCUT2D eigenvalue weighted by Gasteiger charge is -2.44. The number of hydrogen-bond acceptors (Lipinski definition) is 7. The van der Waals surface area contributed by atoms with E-state index in [4.69, 9.17) is 9.47 Å². The van der Waals surface area contributed by atoms with Gasteiger partial charge in [-0.3, -0.25) is 15.0 Å². The number of cyclic esters (lactones) is 1. The van der Waals surface area contributed by atoms with Crippen molar-refractivity contribution in [1.29, 1.82) is 0 Å². The standard InChI is InChI=1S/C43H42N2O7/c46-39(33-23-12-4-13-24-33)37(31-19-8-2-9-20-31)44-35(41(47)48)27-16-28-36-42(49)52-40(34-25-14-5-15-26-34)38(32-21-10-3-11-22-32)45(36)43(50)51-29-30-17-6-1-7-18-30/h1-15,17-26,35-40,44,46H,16,27-29H2,(H,47,48)/t35-,36-,37-,38-,39+,40+/m0/s1. The van der Waals surface area contributed by atoms with Crippen LogP contribution in [-0.2, 0) is 25.7 Å². The van der Waals surface area contributed by atoms with E-state index >= 15 is 0 Å². The van der Waals surface area contributed by atoms with E-state index in [9.17, 15) is 24.6 Å². The summed E-state index contributed by atoms with van der Waals surface area (Å²) in [6.45, 7) is 0.00504. The van der Waals surface area contributed by atoms with Crippen molar-refractivity contribution in [3.63, 3.8) is 0 Å². The van der Waals surface area contributed by atoms with Crippen LogP contribution in [0.4, 0.5) is 4.79 Å². The van der Waals surface area contributed by atoms with E-state index in [0.29, 0.717) is 5.56 Å². The smallest absolute Gasteiger partial charge is 0.411 e. The van der Waals surface area contributed by atoms with Crippen LogP contribution in [0.15, 0.2) is 152 Å². The van der Waals surface area contributed by atoms with Crippen molar-refractivity contribution in [3.05, 3.63) is 179 Å². The monoisotopic (exact) mass is 698 g/mol. The topological polar surface area (TPSA) is 125 Å². The third-order valence-electron chi connectivity index (χ3n) is 9.39. The first kappa shape index (κ1) is 36.0. The number of hydrogen-bond donors (Lipinski definition) is 3. The summed E-state index contributed by atoms with van der Waals surface area (Å²) >= 11 is 0. The van der Waals surface area contributed by atoms with Gasteiger partial charge in [-0.25, -0.2) is 9.59 Å². The van der Waals surface area contributed by atoms with Crippen molar-refractivity contribution in [2.75, 3.05) is 0 Å². The Morgan fingerprint density at radius 1 is 0.731 bits per heavy atom. The largest absolute Gasteiger partial charge is 0.480 e. The molecule has 52 heavy (non-hydrogen) atoms. The SMILES string of the molecule is O=C(O)[C@H](CCC[C@H]1C(=O)O[C@H](c2ccccc2)[C@H](c2ccccc2)N1C(=O)OCc1ccccc1)N[C@@H](c1ccccc1)[C@H](O)c1ccccc1. The summed E-state index contributed by atoms with van der Waals surface area (Å²) in [7, 11) is 0. The maximum Gasteiger partial charge on any atom is 0.411 e. The normalized spacial score (nSPS) is 18.8. The number of carbonyl (C=O) groups is 3. The maximum atomic E-state index is 14.2. The van der Waals surface area contributed by atoms with Gasteiger partial charge in [-0.05, 0) is 47.1 Å². The molecule has 6 atom stereocenters. The van der Waals surface area contributed by atoms with Crippen molar-refractivity contribution in [2.24, 2.45) is 0 Å². The molecule has 0 aromatic heterocycles. The molecule has 6 rings (SSSR count). The van der Waals surface area contributed by atoms with Crippen molar-refractivity contribution >= 4 is 18.0 Å². The lowest BCUT2D eigenvalue weighted by atomic mass is 9.90. The van der Waals surface area contributed by atoms with Crippen LogP contribution in [0.3, 0.4) is 0 Å². The molecule has 5 aromatic rings. The van der Waals surface area contributed by atoms with Crippen LogP contribution >= 0.6 is 0 Å². The van der Waals surface area contributed by atoms with E-state index in [-0.39, 0.29) is 25.9 Å². The summed E-state index contributed by atoms with van der Waals surface area (Å²) in [5.41, 5.74) is 3.65. The molecule has 0 radical (unpaired) electrons. The number of carbonyl (C=O) groups excluding carboxylic acids is 2. The second kappa shape index (κ2) is 17.4. The second-order valence-corrected chi connectivity index (χ2v) is 12.8. The summed E-state index contributed by atoms with van der Waals surface area (Å²) in [5, 5.41) is 25.0. The zero-order valence-corrected chi connectivity index (χ0v) is 28.6. The van der Waals surface area contributed by atoms with Gasteiger partial charge in [0.2, 0.25) is 0 Å². The number of benzene rings is 5. The number of amides is 1. The minimum Gasteiger partial charge on any atom is -0.480 e. The number of aliphatic carboxylic acids is 1. The molecule has 1 amide bonds. The van der Waals surface area contributed by atoms with Crippen LogP contribution in [0.25, 0.3) is 0 Å². The number of carboxylic acid groups (broad SMARTS) is 1. The molecule has 9 nitrogen and oxygen atoms in total. The van der Waals surface area contributed by atoms with E-state index in [1.54, 1.807) is 12.1 Å². The van der Waals surface area contributed by atoms with Gasteiger partial charge >= 0.3 is 18.0 Å². The number of morpholine rings is 1. The number of aliphatic hydroxyl groups excluding tert-OH is 1. The molecule has 1 aliphatic rings. The highest BCUT2D eigenvalue weighted by Gasteiger charge is 2.48. The van der Waals surface area contributed by atoms with Gasteiger partial charge in [0.25, 0.3) is 0 Å². The second-order valence-electron chi connectivity index (χ2n) is 12.8. The number of rotatable bonds is 14. The summed E-state index contributed by atoms with van der Waals surface area (Å²) in [4.78, 5) is 42.2. The van der Waals surface area contributed by atoms with Crippen molar-refractivity contribution < 1.29 is 34.1 Å². The van der Waals surface area contributed by atoms with Crippen LogP contribution < -0.4 is 5.32 Å². The average molecular weight is 699 g/mol. The van der Waals surface area contributed by atoms with E-state index in [1.165, 1.54) is 4.90 Å². The van der Waals surface area contributed by atoms with Gasteiger partial charge in [0.05, 0.1) is 12.1 Å². The quantitative estimate of drug-likeness (QED) is 0.101. The fraction of sp³-hybridized carbons (Fsp3) is 0.233. The highest BCUT2D eigenvalue weighted by molar-refractivity contribution is 5.83. The van der Waals surface area contributed by atoms with Crippen LogP contribution in [0.1, 0.15) is 71.4 Å². The first-order chi connectivity index (χ1) is 25.4. The van der Waals surface area contributed by atoms with E-state index < -0.39 is 54.4 Å². The molecular formula is C43H42N2O7. The Kier molecular flexibility index (Phi) is 12.1. The van der Waals surface area contributed by atoms with Crippen molar-refractivity contribution in [2.45, 2.75) is 62.2 Å². The van der Waals surface area contributed by atoms with E-state index in [1.807, 2.05) is 140 Å².